The second-order valence-corrected chi connectivity index (χ2v) is 5.94. The topological polar surface area (TPSA) is 55.3 Å². The van der Waals surface area contributed by atoms with Crippen molar-refractivity contribution in [2.24, 2.45) is 0 Å². The third-order valence-electron chi connectivity index (χ3n) is 3.73. The minimum atomic E-state index is -0.387. The number of pyridine rings is 1. The van der Waals surface area contributed by atoms with Gasteiger partial charge < -0.3 is 9.64 Å². The van der Waals surface area contributed by atoms with Crippen LogP contribution in [-0.2, 0) is 4.74 Å². The SMILES string of the molecule is COC(=O)c1ncccc1N1CCC[C@@H](c2nccs2)C1. The molecule has 0 aromatic carbocycles. The van der Waals surface area contributed by atoms with E-state index in [-0.39, 0.29) is 5.97 Å². The molecule has 1 saturated heterocycles. The van der Waals surface area contributed by atoms with Crippen molar-refractivity contribution >= 4 is 23.0 Å². The standard InChI is InChI=1S/C15H17N3O2S/c1-20-15(19)13-12(5-2-6-16-13)18-8-3-4-11(10-18)14-17-7-9-21-14/h2,5-7,9,11H,3-4,8,10H2,1H3/t11-/m1/s1. The Kier molecular flexibility index (Phi) is 4.15. The lowest BCUT2D eigenvalue weighted by Gasteiger charge is -2.34. The van der Waals surface area contributed by atoms with E-state index in [0.29, 0.717) is 11.6 Å². The number of anilines is 1. The summed E-state index contributed by atoms with van der Waals surface area (Å²) in [6.07, 6.45) is 5.69. The van der Waals surface area contributed by atoms with E-state index in [1.807, 2.05) is 23.7 Å². The third-order valence-corrected chi connectivity index (χ3v) is 4.67. The molecule has 1 aliphatic heterocycles. The average Bonchev–Trinajstić information content (AvgIpc) is 3.09. The van der Waals surface area contributed by atoms with Crippen LogP contribution in [0.2, 0.25) is 0 Å². The van der Waals surface area contributed by atoms with Gasteiger partial charge in [0.05, 0.1) is 17.8 Å². The van der Waals surface area contributed by atoms with Gasteiger partial charge >= 0.3 is 5.97 Å². The molecule has 0 N–H and O–H groups in total. The molecule has 0 saturated carbocycles. The van der Waals surface area contributed by atoms with Gasteiger partial charge in [-0.05, 0) is 25.0 Å². The number of esters is 1. The number of thiazole rings is 1. The predicted octanol–water partition coefficient (Wildman–Crippen LogP) is 2.71. The van der Waals surface area contributed by atoms with Gasteiger partial charge in [0.1, 0.15) is 0 Å². The number of ether oxygens (including phenoxy) is 1. The molecule has 6 heteroatoms. The lowest BCUT2D eigenvalue weighted by molar-refractivity contribution is 0.0594. The molecule has 0 amide bonds. The van der Waals surface area contributed by atoms with Crippen molar-refractivity contribution in [2.45, 2.75) is 18.8 Å². The minimum Gasteiger partial charge on any atom is -0.464 e. The Morgan fingerprint density at radius 3 is 3.10 bits per heavy atom. The van der Waals surface area contributed by atoms with E-state index in [1.165, 1.54) is 12.1 Å². The van der Waals surface area contributed by atoms with Crippen LogP contribution in [0.15, 0.2) is 29.9 Å². The van der Waals surface area contributed by atoms with Crippen molar-refractivity contribution in [1.29, 1.82) is 0 Å². The molecule has 2 aromatic rings. The van der Waals surface area contributed by atoms with E-state index in [4.69, 9.17) is 4.74 Å². The van der Waals surface area contributed by atoms with Crippen LogP contribution in [0.3, 0.4) is 0 Å². The predicted molar refractivity (Wildman–Crippen MR) is 81.9 cm³/mol. The summed E-state index contributed by atoms with van der Waals surface area (Å²) in [6.45, 7) is 1.79. The lowest BCUT2D eigenvalue weighted by atomic mass is 9.98. The quantitative estimate of drug-likeness (QED) is 0.816. The summed E-state index contributed by atoms with van der Waals surface area (Å²) in [6, 6.07) is 3.79. The molecule has 3 rings (SSSR count). The highest BCUT2D eigenvalue weighted by molar-refractivity contribution is 7.09. The van der Waals surface area contributed by atoms with Gasteiger partial charge in [-0.2, -0.15) is 0 Å². The van der Waals surface area contributed by atoms with E-state index in [0.717, 1.165) is 31.6 Å². The highest BCUT2D eigenvalue weighted by atomic mass is 32.1. The van der Waals surface area contributed by atoms with Crippen LogP contribution in [0.4, 0.5) is 5.69 Å². The molecule has 21 heavy (non-hydrogen) atoms. The Bertz CT molecular complexity index is 615. The van der Waals surface area contributed by atoms with Gasteiger partial charge in [0.25, 0.3) is 0 Å². The first-order valence-electron chi connectivity index (χ1n) is 6.97. The summed E-state index contributed by atoms with van der Waals surface area (Å²) >= 11 is 1.70. The summed E-state index contributed by atoms with van der Waals surface area (Å²) in [7, 11) is 1.38. The van der Waals surface area contributed by atoms with Crippen LogP contribution < -0.4 is 4.90 Å². The second kappa shape index (κ2) is 6.22. The van der Waals surface area contributed by atoms with Crippen LogP contribution in [0.1, 0.15) is 34.3 Å². The fourth-order valence-electron chi connectivity index (χ4n) is 2.74. The van der Waals surface area contributed by atoms with Crippen molar-refractivity contribution in [2.75, 3.05) is 25.1 Å². The van der Waals surface area contributed by atoms with Crippen molar-refractivity contribution in [3.63, 3.8) is 0 Å². The fraction of sp³-hybridized carbons (Fsp3) is 0.400. The van der Waals surface area contributed by atoms with E-state index in [2.05, 4.69) is 14.9 Å². The molecule has 1 atom stereocenters. The summed E-state index contributed by atoms with van der Waals surface area (Å²) in [5, 5.41) is 3.18. The summed E-state index contributed by atoms with van der Waals surface area (Å²) in [5.74, 6) is 0.0337. The molecule has 0 bridgehead atoms. The number of piperidine rings is 1. The highest BCUT2D eigenvalue weighted by Crippen LogP contribution is 2.32. The first-order valence-corrected chi connectivity index (χ1v) is 7.85. The van der Waals surface area contributed by atoms with Crippen LogP contribution in [0.5, 0.6) is 0 Å². The van der Waals surface area contributed by atoms with Crippen molar-refractivity contribution in [3.8, 4) is 0 Å². The van der Waals surface area contributed by atoms with Crippen LogP contribution in [0, 0.1) is 0 Å². The zero-order valence-electron chi connectivity index (χ0n) is 11.9. The monoisotopic (exact) mass is 303 g/mol. The number of nitrogens with zero attached hydrogens (tertiary/aromatic N) is 3. The molecule has 110 valence electrons. The Hall–Kier alpha value is -1.95. The first kappa shape index (κ1) is 14.0. The Morgan fingerprint density at radius 2 is 2.33 bits per heavy atom. The molecule has 1 aliphatic rings. The smallest absolute Gasteiger partial charge is 0.358 e. The van der Waals surface area contributed by atoms with Gasteiger partial charge in [0.2, 0.25) is 0 Å². The molecule has 0 unspecified atom stereocenters. The van der Waals surface area contributed by atoms with E-state index < -0.39 is 0 Å². The Balaban J connectivity index is 1.85. The summed E-state index contributed by atoms with van der Waals surface area (Å²) in [5.41, 5.74) is 1.24. The average molecular weight is 303 g/mol. The Labute approximate surface area is 127 Å². The van der Waals surface area contributed by atoms with Crippen LogP contribution >= 0.6 is 11.3 Å². The van der Waals surface area contributed by atoms with Crippen LogP contribution in [0.25, 0.3) is 0 Å². The molecule has 2 aromatic heterocycles. The van der Waals surface area contributed by atoms with E-state index in [1.54, 1.807) is 17.5 Å². The van der Waals surface area contributed by atoms with Crippen molar-refractivity contribution in [1.82, 2.24) is 9.97 Å². The molecule has 1 fully saturated rings. The number of aromatic nitrogens is 2. The van der Waals surface area contributed by atoms with Gasteiger partial charge in [-0.3, -0.25) is 0 Å². The van der Waals surface area contributed by atoms with Gasteiger partial charge in [0, 0.05) is 36.8 Å². The number of rotatable bonds is 3. The Morgan fingerprint density at radius 1 is 1.43 bits per heavy atom. The molecule has 5 nitrogen and oxygen atoms in total. The summed E-state index contributed by atoms with van der Waals surface area (Å²) < 4.78 is 4.83. The van der Waals surface area contributed by atoms with Crippen LogP contribution in [-0.4, -0.2) is 36.1 Å². The first-order chi connectivity index (χ1) is 10.3. The maximum atomic E-state index is 11.9. The molecule has 0 aliphatic carbocycles. The van der Waals surface area contributed by atoms with Crippen molar-refractivity contribution in [3.05, 3.63) is 40.6 Å². The normalized spacial score (nSPS) is 18.5. The zero-order valence-corrected chi connectivity index (χ0v) is 12.7. The summed E-state index contributed by atoms with van der Waals surface area (Å²) in [4.78, 5) is 22.7. The van der Waals surface area contributed by atoms with Crippen molar-refractivity contribution < 1.29 is 9.53 Å². The zero-order chi connectivity index (χ0) is 14.7. The fourth-order valence-corrected chi connectivity index (χ4v) is 3.51. The van der Waals surface area contributed by atoms with Gasteiger partial charge in [-0.15, -0.1) is 11.3 Å². The molecule has 0 spiro atoms. The largest absolute Gasteiger partial charge is 0.464 e. The minimum absolute atomic E-state index is 0.387. The number of carbonyl (C=O) groups is 1. The third kappa shape index (κ3) is 2.90. The van der Waals surface area contributed by atoms with E-state index in [9.17, 15) is 4.79 Å². The maximum absolute atomic E-state index is 11.9. The van der Waals surface area contributed by atoms with Gasteiger partial charge in [-0.25, -0.2) is 14.8 Å². The maximum Gasteiger partial charge on any atom is 0.358 e. The molecule has 0 radical (unpaired) electrons. The number of carbonyl (C=O) groups excluding carboxylic acids is 1. The molecule has 3 heterocycles. The lowest BCUT2D eigenvalue weighted by Crippen LogP contribution is -2.35. The number of methoxy groups -OCH3 is 1. The molecular weight excluding hydrogens is 286 g/mol. The number of hydrogen-bond acceptors (Lipinski definition) is 6. The van der Waals surface area contributed by atoms with Gasteiger partial charge in [0.15, 0.2) is 5.69 Å². The van der Waals surface area contributed by atoms with E-state index >= 15 is 0 Å². The number of hydrogen-bond donors (Lipinski definition) is 0. The highest BCUT2D eigenvalue weighted by Gasteiger charge is 2.26. The molecular formula is C15H17N3O2S. The van der Waals surface area contributed by atoms with Gasteiger partial charge in [-0.1, -0.05) is 0 Å². The second-order valence-electron chi connectivity index (χ2n) is 5.02.